The number of nitrogens with zero attached hydrogens (tertiary/aromatic N) is 1. The van der Waals surface area contributed by atoms with Crippen LogP contribution in [0.15, 0.2) is 17.6 Å². The molecule has 0 spiro atoms. The van der Waals surface area contributed by atoms with Gasteiger partial charge in [0.2, 0.25) is 0 Å². The van der Waals surface area contributed by atoms with Crippen LogP contribution in [0.3, 0.4) is 0 Å². The van der Waals surface area contributed by atoms with E-state index in [2.05, 4.69) is 16.9 Å². The molecule has 2 saturated carbocycles. The first-order chi connectivity index (χ1) is 7.81. The summed E-state index contributed by atoms with van der Waals surface area (Å²) in [6.45, 7) is 4.24. The zero-order valence-electron chi connectivity index (χ0n) is 9.99. The van der Waals surface area contributed by atoms with Crippen LogP contribution in [0.1, 0.15) is 38.5 Å². The van der Waals surface area contributed by atoms with Crippen molar-refractivity contribution < 1.29 is 0 Å². The molecule has 0 aromatic carbocycles. The molecule has 90 valence electrons. The topological polar surface area (TPSA) is 50.4 Å². The summed E-state index contributed by atoms with van der Waals surface area (Å²) in [6.07, 6.45) is 10.2. The third-order valence-corrected chi connectivity index (χ3v) is 3.82. The molecule has 0 aliphatic heterocycles. The van der Waals surface area contributed by atoms with Gasteiger partial charge in [0.05, 0.1) is 6.54 Å². The highest BCUT2D eigenvalue weighted by molar-refractivity contribution is 5.78. The van der Waals surface area contributed by atoms with Crippen LogP contribution in [0, 0.1) is 11.8 Å². The molecule has 0 bridgehead atoms. The predicted octanol–water partition coefficient (Wildman–Crippen LogP) is 2.05. The summed E-state index contributed by atoms with van der Waals surface area (Å²) in [6, 6.07) is 0.594. The van der Waals surface area contributed by atoms with Crippen molar-refractivity contribution >= 4 is 5.96 Å². The minimum atomic E-state index is 0.586. The average Bonchev–Trinajstić information content (AvgIpc) is 3.07. The van der Waals surface area contributed by atoms with E-state index in [0.717, 1.165) is 11.8 Å². The van der Waals surface area contributed by atoms with Gasteiger partial charge in [0.1, 0.15) is 0 Å². The van der Waals surface area contributed by atoms with Crippen molar-refractivity contribution in [2.75, 3.05) is 6.54 Å². The normalized spacial score (nSPS) is 31.1. The van der Waals surface area contributed by atoms with E-state index in [1.807, 2.05) is 0 Å². The summed E-state index contributed by atoms with van der Waals surface area (Å²) < 4.78 is 0. The first kappa shape index (κ1) is 11.5. The monoisotopic (exact) mass is 221 g/mol. The Morgan fingerprint density at radius 3 is 2.81 bits per heavy atom. The van der Waals surface area contributed by atoms with Gasteiger partial charge in [0.25, 0.3) is 0 Å². The first-order valence-electron chi connectivity index (χ1n) is 6.48. The molecule has 2 aliphatic rings. The van der Waals surface area contributed by atoms with Crippen LogP contribution < -0.4 is 11.1 Å². The van der Waals surface area contributed by atoms with Crippen molar-refractivity contribution in [3.05, 3.63) is 12.7 Å². The number of hydrogen-bond donors (Lipinski definition) is 2. The van der Waals surface area contributed by atoms with E-state index in [-0.39, 0.29) is 0 Å². The zero-order chi connectivity index (χ0) is 11.4. The molecule has 2 atom stereocenters. The number of nitrogens with two attached hydrogens (primary N) is 1. The molecule has 0 heterocycles. The molecule has 2 fully saturated rings. The highest BCUT2D eigenvalue weighted by Gasteiger charge is 2.43. The Labute approximate surface area is 98.2 Å². The lowest BCUT2D eigenvalue weighted by atomic mass is 9.85. The maximum absolute atomic E-state index is 5.78. The van der Waals surface area contributed by atoms with Gasteiger partial charge in [-0.25, -0.2) is 4.99 Å². The Morgan fingerprint density at radius 1 is 1.38 bits per heavy atom. The molecule has 3 nitrogen and oxygen atoms in total. The molecular formula is C13H23N3. The molecule has 0 aromatic heterocycles. The van der Waals surface area contributed by atoms with Crippen LogP contribution in [-0.2, 0) is 0 Å². The number of rotatable bonds is 4. The Hall–Kier alpha value is -0.990. The van der Waals surface area contributed by atoms with Gasteiger partial charge in [-0.1, -0.05) is 38.2 Å². The third kappa shape index (κ3) is 3.00. The Bertz CT molecular complexity index is 266. The largest absolute Gasteiger partial charge is 0.370 e. The fourth-order valence-corrected chi connectivity index (χ4v) is 2.86. The summed E-state index contributed by atoms with van der Waals surface area (Å²) in [4.78, 5) is 4.17. The first-order valence-corrected chi connectivity index (χ1v) is 6.48. The summed E-state index contributed by atoms with van der Waals surface area (Å²) in [5, 5.41) is 3.32. The van der Waals surface area contributed by atoms with Crippen LogP contribution in [0.4, 0.5) is 0 Å². The van der Waals surface area contributed by atoms with Gasteiger partial charge in [-0.3, -0.25) is 0 Å². The van der Waals surface area contributed by atoms with E-state index in [0.29, 0.717) is 18.5 Å². The molecular weight excluding hydrogens is 198 g/mol. The van der Waals surface area contributed by atoms with Crippen molar-refractivity contribution in [2.45, 2.75) is 44.6 Å². The van der Waals surface area contributed by atoms with Gasteiger partial charge >= 0.3 is 0 Å². The van der Waals surface area contributed by atoms with E-state index in [1.54, 1.807) is 6.08 Å². The molecule has 0 unspecified atom stereocenters. The Balaban J connectivity index is 1.71. The quantitative estimate of drug-likeness (QED) is 0.433. The number of hydrogen-bond acceptors (Lipinski definition) is 1. The second kappa shape index (κ2) is 5.37. The van der Waals surface area contributed by atoms with Crippen LogP contribution in [0.25, 0.3) is 0 Å². The van der Waals surface area contributed by atoms with Gasteiger partial charge in [0, 0.05) is 6.04 Å². The predicted molar refractivity (Wildman–Crippen MR) is 68.3 cm³/mol. The smallest absolute Gasteiger partial charge is 0.189 e. The maximum atomic E-state index is 5.78. The van der Waals surface area contributed by atoms with E-state index in [9.17, 15) is 0 Å². The van der Waals surface area contributed by atoms with E-state index in [1.165, 1.54) is 38.5 Å². The minimum absolute atomic E-state index is 0.586. The fourth-order valence-electron chi connectivity index (χ4n) is 2.86. The number of aliphatic imine (C=N–C) groups is 1. The number of nitrogens with one attached hydrogen (secondary N) is 1. The minimum Gasteiger partial charge on any atom is -0.370 e. The summed E-state index contributed by atoms with van der Waals surface area (Å²) >= 11 is 0. The van der Waals surface area contributed by atoms with E-state index < -0.39 is 0 Å². The molecule has 2 aliphatic carbocycles. The molecule has 3 N–H and O–H groups in total. The summed E-state index contributed by atoms with van der Waals surface area (Å²) in [7, 11) is 0. The molecule has 16 heavy (non-hydrogen) atoms. The Kier molecular flexibility index (Phi) is 3.86. The van der Waals surface area contributed by atoms with Gasteiger partial charge in [-0.2, -0.15) is 0 Å². The lowest BCUT2D eigenvalue weighted by Crippen LogP contribution is -2.35. The molecule has 2 rings (SSSR count). The summed E-state index contributed by atoms with van der Waals surface area (Å²) in [5.74, 6) is 2.39. The maximum Gasteiger partial charge on any atom is 0.189 e. The highest BCUT2D eigenvalue weighted by Crippen LogP contribution is 2.44. The van der Waals surface area contributed by atoms with Gasteiger partial charge in [-0.15, -0.1) is 6.58 Å². The zero-order valence-corrected chi connectivity index (χ0v) is 9.99. The lowest BCUT2D eigenvalue weighted by Gasteiger charge is -2.21. The molecule has 0 radical (unpaired) electrons. The molecule has 0 amide bonds. The lowest BCUT2D eigenvalue weighted by molar-refractivity contribution is 0.316. The van der Waals surface area contributed by atoms with Crippen LogP contribution in [-0.4, -0.2) is 18.5 Å². The second-order valence-corrected chi connectivity index (χ2v) is 5.06. The van der Waals surface area contributed by atoms with E-state index in [4.69, 9.17) is 5.73 Å². The van der Waals surface area contributed by atoms with Gasteiger partial charge < -0.3 is 11.1 Å². The fraction of sp³-hybridized carbons (Fsp3) is 0.769. The summed E-state index contributed by atoms with van der Waals surface area (Å²) in [5.41, 5.74) is 5.78. The average molecular weight is 221 g/mol. The van der Waals surface area contributed by atoms with Crippen molar-refractivity contribution in [1.29, 1.82) is 0 Å². The number of guanidine groups is 1. The van der Waals surface area contributed by atoms with Crippen molar-refractivity contribution in [2.24, 2.45) is 22.6 Å². The van der Waals surface area contributed by atoms with E-state index >= 15 is 0 Å². The van der Waals surface area contributed by atoms with Crippen LogP contribution in [0.2, 0.25) is 0 Å². The molecule has 0 saturated heterocycles. The molecule has 0 aromatic rings. The molecule has 3 heteroatoms. The van der Waals surface area contributed by atoms with Gasteiger partial charge in [-0.05, 0) is 18.3 Å². The van der Waals surface area contributed by atoms with Crippen LogP contribution >= 0.6 is 0 Å². The van der Waals surface area contributed by atoms with Crippen LogP contribution in [0.5, 0.6) is 0 Å². The van der Waals surface area contributed by atoms with Gasteiger partial charge in [0.15, 0.2) is 5.96 Å². The standard InChI is InChI=1S/C13H23N3/c1-2-8-15-13(14)16-12-9-11(12)10-6-4-3-5-7-10/h2,10-12H,1,3-9H2,(H3,14,15,16)/t11-,12+/m0/s1. The van der Waals surface area contributed by atoms with Crippen molar-refractivity contribution in [3.63, 3.8) is 0 Å². The Morgan fingerprint density at radius 2 is 2.12 bits per heavy atom. The second-order valence-electron chi connectivity index (χ2n) is 5.06. The SMILES string of the molecule is C=CCN=C(N)N[C@@H]1C[C@H]1C1CCCCC1. The third-order valence-electron chi connectivity index (χ3n) is 3.82. The van der Waals surface area contributed by atoms with Crippen molar-refractivity contribution in [3.8, 4) is 0 Å². The highest BCUT2D eigenvalue weighted by atomic mass is 15.1. The van der Waals surface area contributed by atoms with Crippen molar-refractivity contribution in [1.82, 2.24) is 5.32 Å².